The van der Waals surface area contributed by atoms with Crippen LogP contribution >= 0.6 is 0 Å². The summed E-state index contributed by atoms with van der Waals surface area (Å²) in [5.74, 6) is -0.242. The van der Waals surface area contributed by atoms with Crippen molar-refractivity contribution in [1.82, 2.24) is 5.32 Å². The first kappa shape index (κ1) is 17.7. The second-order valence-electron chi connectivity index (χ2n) is 6.45. The number of carbonyl (C=O) groups is 1. The topological polar surface area (TPSA) is 38.3 Å². The molecular weight excluding hydrogens is 278 g/mol. The number of ether oxygens (including phenoxy) is 1. The molecule has 0 aliphatic heterocycles. The van der Waals surface area contributed by atoms with Gasteiger partial charge < -0.3 is 10.1 Å². The van der Waals surface area contributed by atoms with Crippen LogP contribution in [0.4, 0.5) is 0 Å². The first-order valence-corrected chi connectivity index (χ1v) is 11.0. The van der Waals surface area contributed by atoms with Crippen LogP contribution in [0.1, 0.15) is 19.4 Å². The standard InChI is InChI=1S/C17H27NO2Si/c1-14(18-13-16-9-7-6-8-10-16)17(20-15(2)19)11-12-21(3,4)5/h6-12,14,17-18H,13H2,1-5H3/b12-11+/t14-,17+/m0/s1. The van der Waals surface area contributed by atoms with Crippen molar-refractivity contribution in [3.8, 4) is 0 Å². The van der Waals surface area contributed by atoms with Crippen molar-refractivity contribution in [3.05, 3.63) is 47.7 Å². The summed E-state index contributed by atoms with van der Waals surface area (Å²) in [7, 11) is -1.30. The summed E-state index contributed by atoms with van der Waals surface area (Å²) >= 11 is 0. The van der Waals surface area contributed by atoms with Crippen molar-refractivity contribution in [2.45, 2.75) is 52.2 Å². The molecule has 0 aliphatic rings. The second-order valence-corrected chi connectivity index (χ2v) is 11.5. The Morgan fingerprint density at radius 2 is 1.90 bits per heavy atom. The van der Waals surface area contributed by atoms with Crippen LogP contribution in [0.5, 0.6) is 0 Å². The molecule has 0 saturated heterocycles. The summed E-state index contributed by atoms with van der Waals surface area (Å²) in [6.07, 6.45) is 1.81. The molecule has 0 heterocycles. The van der Waals surface area contributed by atoms with Gasteiger partial charge in [0.05, 0.1) is 8.07 Å². The highest BCUT2D eigenvalue weighted by atomic mass is 28.3. The van der Waals surface area contributed by atoms with E-state index in [0.717, 1.165) is 6.54 Å². The Kier molecular flexibility index (Phi) is 6.85. The van der Waals surface area contributed by atoms with Crippen molar-refractivity contribution in [2.75, 3.05) is 0 Å². The van der Waals surface area contributed by atoms with Gasteiger partial charge in [0.1, 0.15) is 6.10 Å². The van der Waals surface area contributed by atoms with Crippen LogP contribution in [-0.2, 0) is 16.1 Å². The van der Waals surface area contributed by atoms with E-state index in [9.17, 15) is 4.79 Å². The molecule has 0 aromatic heterocycles. The molecule has 0 amide bonds. The van der Waals surface area contributed by atoms with E-state index in [1.54, 1.807) is 0 Å². The van der Waals surface area contributed by atoms with Crippen molar-refractivity contribution < 1.29 is 9.53 Å². The molecule has 21 heavy (non-hydrogen) atoms. The lowest BCUT2D eigenvalue weighted by molar-refractivity contribution is -0.145. The van der Waals surface area contributed by atoms with Gasteiger partial charge in [-0.3, -0.25) is 4.79 Å². The Bertz CT molecular complexity index is 465. The third-order valence-corrected chi connectivity index (χ3v) is 4.24. The fourth-order valence-corrected chi connectivity index (χ4v) is 2.64. The zero-order valence-electron chi connectivity index (χ0n) is 13.7. The fraction of sp³-hybridized carbons (Fsp3) is 0.471. The van der Waals surface area contributed by atoms with Gasteiger partial charge in [-0.25, -0.2) is 0 Å². The molecule has 0 radical (unpaired) electrons. The molecule has 1 aromatic carbocycles. The molecule has 0 fully saturated rings. The molecule has 2 atom stereocenters. The molecule has 1 N–H and O–H groups in total. The van der Waals surface area contributed by atoms with Gasteiger partial charge in [0.2, 0.25) is 0 Å². The molecule has 0 aliphatic carbocycles. The lowest BCUT2D eigenvalue weighted by Crippen LogP contribution is -2.39. The summed E-state index contributed by atoms with van der Waals surface area (Å²) in [6.45, 7) is 11.0. The number of hydrogen-bond acceptors (Lipinski definition) is 3. The average molecular weight is 305 g/mol. The van der Waals surface area contributed by atoms with E-state index < -0.39 is 8.07 Å². The van der Waals surface area contributed by atoms with Gasteiger partial charge in [-0.1, -0.05) is 61.7 Å². The number of rotatable bonds is 7. The lowest BCUT2D eigenvalue weighted by Gasteiger charge is -2.23. The van der Waals surface area contributed by atoms with Crippen LogP contribution in [0.25, 0.3) is 0 Å². The zero-order valence-corrected chi connectivity index (χ0v) is 14.7. The van der Waals surface area contributed by atoms with E-state index in [0.29, 0.717) is 0 Å². The highest BCUT2D eigenvalue weighted by molar-refractivity contribution is 6.80. The van der Waals surface area contributed by atoms with Crippen molar-refractivity contribution in [2.24, 2.45) is 0 Å². The summed E-state index contributed by atoms with van der Waals surface area (Å²) in [4.78, 5) is 11.3. The molecule has 1 rings (SSSR count). The minimum absolute atomic E-state index is 0.0710. The van der Waals surface area contributed by atoms with Gasteiger partial charge in [0.15, 0.2) is 0 Å². The largest absolute Gasteiger partial charge is 0.457 e. The molecule has 0 unspecified atom stereocenters. The molecule has 0 saturated carbocycles. The summed E-state index contributed by atoms with van der Waals surface area (Å²) in [5, 5.41) is 3.43. The lowest BCUT2D eigenvalue weighted by atomic mass is 10.1. The quantitative estimate of drug-likeness (QED) is 0.618. The minimum atomic E-state index is -1.30. The number of hydrogen-bond donors (Lipinski definition) is 1. The second kappa shape index (κ2) is 8.15. The normalized spacial score (nSPS) is 14.9. The predicted octanol–water partition coefficient (Wildman–Crippen LogP) is 3.53. The summed E-state index contributed by atoms with van der Waals surface area (Å²) in [6, 6.07) is 10.3. The average Bonchev–Trinajstić information content (AvgIpc) is 2.40. The van der Waals surface area contributed by atoms with Gasteiger partial charge in [0.25, 0.3) is 0 Å². The maximum Gasteiger partial charge on any atom is 0.303 e. The summed E-state index contributed by atoms with van der Waals surface area (Å²) < 4.78 is 5.43. The van der Waals surface area contributed by atoms with Gasteiger partial charge in [0, 0.05) is 19.5 Å². The van der Waals surface area contributed by atoms with E-state index in [1.807, 2.05) is 31.2 Å². The first-order chi connectivity index (χ1) is 9.78. The molecular formula is C17H27NO2Si. The van der Waals surface area contributed by atoms with E-state index in [2.05, 4.69) is 42.8 Å². The Hall–Kier alpha value is -1.39. The van der Waals surface area contributed by atoms with E-state index >= 15 is 0 Å². The van der Waals surface area contributed by atoms with E-state index in [4.69, 9.17) is 4.74 Å². The Labute approximate surface area is 129 Å². The maximum absolute atomic E-state index is 11.3. The molecule has 4 heteroatoms. The van der Waals surface area contributed by atoms with Gasteiger partial charge in [-0.15, -0.1) is 0 Å². The van der Waals surface area contributed by atoms with Crippen LogP contribution in [0, 0.1) is 0 Å². The van der Waals surface area contributed by atoms with Crippen LogP contribution in [-0.4, -0.2) is 26.2 Å². The summed E-state index contributed by atoms with van der Waals surface area (Å²) in [5.41, 5.74) is 3.45. The molecule has 3 nitrogen and oxygen atoms in total. The van der Waals surface area contributed by atoms with Gasteiger partial charge in [-0.05, 0) is 12.5 Å². The Morgan fingerprint density at radius 1 is 1.29 bits per heavy atom. The Balaban J connectivity index is 2.64. The number of nitrogens with one attached hydrogen (secondary N) is 1. The smallest absolute Gasteiger partial charge is 0.303 e. The fourth-order valence-electron chi connectivity index (χ4n) is 1.87. The minimum Gasteiger partial charge on any atom is -0.457 e. The van der Waals surface area contributed by atoms with E-state index in [1.165, 1.54) is 12.5 Å². The number of esters is 1. The molecule has 0 bridgehead atoms. The maximum atomic E-state index is 11.3. The van der Waals surface area contributed by atoms with Crippen molar-refractivity contribution >= 4 is 14.0 Å². The first-order valence-electron chi connectivity index (χ1n) is 7.42. The van der Waals surface area contributed by atoms with Crippen molar-refractivity contribution in [3.63, 3.8) is 0 Å². The molecule has 1 aromatic rings. The monoisotopic (exact) mass is 305 g/mol. The van der Waals surface area contributed by atoms with E-state index in [-0.39, 0.29) is 18.1 Å². The molecule has 0 spiro atoms. The van der Waals surface area contributed by atoms with Crippen LogP contribution in [0.2, 0.25) is 19.6 Å². The van der Waals surface area contributed by atoms with Crippen LogP contribution < -0.4 is 5.32 Å². The SMILES string of the molecule is CC(=O)O[C@H](/C=C/[Si](C)(C)C)[C@H](C)NCc1ccccc1. The third-order valence-electron chi connectivity index (χ3n) is 3.05. The number of carbonyl (C=O) groups excluding carboxylic acids is 1. The molecule has 116 valence electrons. The van der Waals surface area contributed by atoms with Gasteiger partial charge >= 0.3 is 5.97 Å². The zero-order chi connectivity index (χ0) is 15.9. The van der Waals surface area contributed by atoms with Crippen LogP contribution in [0.15, 0.2) is 42.1 Å². The third kappa shape index (κ3) is 7.83. The Morgan fingerprint density at radius 3 is 2.43 bits per heavy atom. The van der Waals surface area contributed by atoms with Crippen molar-refractivity contribution in [1.29, 1.82) is 0 Å². The number of benzene rings is 1. The highest BCUT2D eigenvalue weighted by Gasteiger charge is 2.18. The predicted molar refractivity (Wildman–Crippen MR) is 90.8 cm³/mol. The van der Waals surface area contributed by atoms with Gasteiger partial charge in [-0.2, -0.15) is 0 Å². The highest BCUT2D eigenvalue weighted by Crippen LogP contribution is 2.09. The van der Waals surface area contributed by atoms with Crippen LogP contribution in [0.3, 0.4) is 0 Å².